The molecule has 0 aliphatic rings. The first-order chi connectivity index (χ1) is 6.06. The average molecular weight is 187 g/mol. The maximum absolute atomic E-state index is 12.3. The number of aryl methyl sites for hydroxylation is 1. The van der Waals surface area contributed by atoms with E-state index in [2.05, 4.69) is 0 Å². The van der Waals surface area contributed by atoms with Gasteiger partial charge >= 0.3 is 0 Å². The minimum Gasteiger partial charge on any atom is -0.507 e. The molecule has 1 rings (SSSR count). The Balaban J connectivity index is 3.25. The van der Waals surface area contributed by atoms with Crippen molar-refractivity contribution in [1.82, 2.24) is 0 Å². The lowest BCUT2D eigenvalue weighted by atomic mass is 10.1. The molecule has 3 N–H and O–H groups in total. The molecule has 0 amide bonds. The normalized spacial score (nSPS) is 10.8. The van der Waals surface area contributed by atoms with E-state index in [0.29, 0.717) is 11.1 Å². The van der Waals surface area contributed by atoms with Crippen molar-refractivity contribution in [3.8, 4) is 5.75 Å². The number of aromatic hydroxyl groups is 1. The Morgan fingerprint density at radius 2 is 2.08 bits per heavy atom. The van der Waals surface area contributed by atoms with Crippen LogP contribution >= 0.6 is 0 Å². The van der Waals surface area contributed by atoms with Crippen LogP contribution in [0.4, 0.5) is 8.78 Å². The summed E-state index contributed by atoms with van der Waals surface area (Å²) in [4.78, 5) is 0. The van der Waals surface area contributed by atoms with Crippen molar-refractivity contribution < 1.29 is 13.9 Å². The van der Waals surface area contributed by atoms with Gasteiger partial charge in [-0.15, -0.1) is 0 Å². The molecular formula is C9H11F2NO. The van der Waals surface area contributed by atoms with Gasteiger partial charge in [0, 0.05) is 6.54 Å². The lowest BCUT2D eigenvalue weighted by Crippen LogP contribution is -1.99. The number of alkyl halides is 2. The summed E-state index contributed by atoms with van der Waals surface area (Å²) >= 11 is 0. The second kappa shape index (κ2) is 3.70. The van der Waals surface area contributed by atoms with Crippen LogP contribution in [0.5, 0.6) is 5.75 Å². The maximum Gasteiger partial charge on any atom is 0.267 e. The Kier molecular flexibility index (Phi) is 2.83. The molecule has 0 aromatic heterocycles. The van der Waals surface area contributed by atoms with E-state index < -0.39 is 6.43 Å². The molecule has 0 fully saturated rings. The van der Waals surface area contributed by atoms with Gasteiger partial charge in [0.1, 0.15) is 5.75 Å². The van der Waals surface area contributed by atoms with E-state index in [1.54, 1.807) is 13.0 Å². The van der Waals surface area contributed by atoms with Gasteiger partial charge in [-0.2, -0.15) is 0 Å². The van der Waals surface area contributed by atoms with Crippen molar-refractivity contribution in [1.29, 1.82) is 0 Å². The molecule has 0 unspecified atom stereocenters. The molecule has 0 aliphatic heterocycles. The summed E-state index contributed by atoms with van der Waals surface area (Å²) in [6.07, 6.45) is -2.66. The summed E-state index contributed by atoms with van der Waals surface area (Å²) < 4.78 is 24.6. The lowest BCUT2D eigenvalue weighted by Gasteiger charge is -2.08. The molecule has 0 spiro atoms. The zero-order valence-corrected chi connectivity index (χ0v) is 7.22. The largest absolute Gasteiger partial charge is 0.507 e. The zero-order valence-electron chi connectivity index (χ0n) is 7.22. The van der Waals surface area contributed by atoms with Gasteiger partial charge in [-0.05, 0) is 24.1 Å². The first-order valence-electron chi connectivity index (χ1n) is 3.87. The third kappa shape index (κ3) is 1.95. The summed E-state index contributed by atoms with van der Waals surface area (Å²) in [5.41, 5.74) is 6.00. The summed E-state index contributed by atoms with van der Waals surface area (Å²) in [6, 6.07) is 2.83. The predicted octanol–water partition coefficient (Wildman–Crippen LogP) is 2.10. The van der Waals surface area contributed by atoms with Gasteiger partial charge in [-0.1, -0.05) is 6.07 Å². The molecule has 0 saturated heterocycles. The van der Waals surface area contributed by atoms with E-state index in [0.717, 1.165) is 0 Å². The van der Waals surface area contributed by atoms with Gasteiger partial charge in [0.05, 0.1) is 5.56 Å². The molecular weight excluding hydrogens is 176 g/mol. The number of halogens is 2. The molecule has 0 saturated carbocycles. The molecule has 72 valence electrons. The molecule has 13 heavy (non-hydrogen) atoms. The highest BCUT2D eigenvalue weighted by Crippen LogP contribution is 2.31. The number of nitrogens with two attached hydrogens (primary N) is 1. The Hall–Kier alpha value is -1.16. The van der Waals surface area contributed by atoms with Gasteiger partial charge in [-0.25, -0.2) is 8.78 Å². The Morgan fingerprint density at radius 1 is 1.46 bits per heavy atom. The fourth-order valence-electron chi connectivity index (χ4n) is 1.17. The number of phenols is 1. The monoisotopic (exact) mass is 187 g/mol. The van der Waals surface area contributed by atoms with E-state index in [1.165, 1.54) is 6.07 Å². The fraction of sp³-hybridized carbons (Fsp3) is 0.333. The van der Waals surface area contributed by atoms with Gasteiger partial charge in [0.15, 0.2) is 0 Å². The Morgan fingerprint density at radius 3 is 2.54 bits per heavy atom. The van der Waals surface area contributed by atoms with Crippen molar-refractivity contribution in [2.24, 2.45) is 5.73 Å². The van der Waals surface area contributed by atoms with E-state index >= 15 is 0 Å². The van der Waals surface area contributed by atoms with Gasteiger partial charge in [-0.3, -0.25) is 0 Å². The minimum atomic E-state index is -2.66. The summed E-state index contributed by atoms with van der Waals surface area (Å²) in [5.74, 6) is -0.341. The first-order valence-corrected chi connectivity index (χ1v) is 3.87. The highest BCUT2D eigenvalue weighted by Gasteiger charge is 2.15. The van der Waals surface area contributed by atoms with Gasteiger partial charge < -0.3 is 10.8 Å². The Labute approximate surface area is 75.0 Å². The predicted molar refractivity (Wildman–Crippen MR) is 45.7 cm³/mol. The van der Waals surface area contributed by atoms with E-state index in [1.807, 2.05) is 0 Å². The van der Waals surface area contributed by atoms with E-state index in [4.69, 9.17) is 5.73 Å². The molecule has 0 heterocycles. The molecule has 4 heteroatoms. The third-order valence-corrected chi connectivity index (χ3v) is 1.86. The van der Waals surface area contributed by atoms with Gasteiger partial charge in [0.25, 0.3) is 6.43 Å². The number of hydrogen-bond donors (Lipinski definition) is 2. The van der Waals surface area contributed by atoms with Crippen molar-refractivity contribution >= 4 is 0 Å². The second-order valence-corrected chi connectivity index (χ2v) is 2.86. The van der Waals surface area contributed by atoms with Crippen LogP contribution in [0.15, 0.2) is 12.1 Å². The number of rotatable bonds is 2. The number of phenolic OH excluding ortho intramolecular Hbond substituents is 1. The third-order valence-electron chi connectivity index (χ3n) is 1.86. The van der Waals surface area contributed by atoms with Crippen LogP contribution in [0.1, 0.15) is 23.1 Å². The summed E-state index contributed by atoms with van der Waals surface area (Å²) in [5, 5.41) is 9.27. The SMILES string of the molecule is Cc1cc(CN)cc(C(F)F)c1O. The maximum atomic E-state index is 12.3. The first kappa shape index (κ1) is 9.92. The topological polar surface area (TPSA) is 46.2 Å². The number of hydrogen-bond acceptors (Lipinski definition) is 2. The van der Waals surface area contributed by atoms with Crippen molar-refractivity contribution in [2.45, 2.75) is 19.9 Å². The summed E-state index contributed by atoms with van der Waals surface area (Å²) in [6.45, 7) is 1.77. The van der Waals surface area contributed by atoms with Crippen LogP contribution in [0, 0.1) is 6.92 Å². The van der Waals surface area contributed by atoms with Crippen LogP contribution in [-0.4, -0.2) is 5.11 Å². The van der Waals surface area contributed by atoms with Crippen LogP contribution in [-0.2, 0) is 6.54 Å². The molecule has 1 aromatic rings. The zero-order chi connectivity index (χ0) is 10.0. The molecule has 2 nitrogen and oxygen atoms in total. The van der Waals surface area contributed by atoms with Crippen molar-refractivity contribution in [2.75, 3.05) is 0 Å². The lowest BCUT2D eigenvalue weighted by molar-refractivity contribution is 0.147. The molecule has 1 aromatic carbocycles. The minimum absolute atomic E-state index is 0.195. The standard InChI is InChI=1S/C9H11F2NO/c1-5-2-6(4-12)3-7(8(5)13)9(10)11/h2-3,9,13H,4,12H2,1H3. The smallest absolute Gasteiger partial charge is 0.267 e. The highest BCUT2D eigenvalue weighted by atomic mass is 19.3. The molecule has 0 radical (unpaired) electrons. The number of benzene rings is 1. The van der Waals surface area contributed by atoms with E-state index in [-0.39, 0.29) is 17.9 Å². The van der Waals surface area contributed by atoms with E-state index in [9.17, 15) is 13.9 Å². The van der Waals surface area contributed by atoms with Crippen LogP contribution in [0.2, 0.25) is 0 Å². The second-order valence-electron chi connectivity index (χ2n) is 2.86. The quantitative estimate of drug-likeness (QED) is 0.744. The molecule has 0 bridgehead atoms. The average Bonchev–Trinajstić information content (AvgIpc) is 2.09. The Bertz CT molecular complexity index is 313. The molecule has 0 aliphatic carbocycles. The van der Waals surface area contributed by atoms with Crippen LogP contribution in [0.25, 0.3) is 0 Å². The van der Waals surface area contributed by atoms with Crippen LogP contribution in [0.3, 0.4) is 0 Å². The van der Waals surface area contributed by atoms with Gasteiger partial charge in [0.2, 0.25) is 0 Å². The molecule has 0 atom stereocenters. The van der Waals surface area contributed by atoms with Crippen molar-refractivity contribution in [3.05, 3.63) is 28.8 Å². The van der Waals surface area contributed by atoms with Crippen molar-refractivity contribution in [3.63, 3.8) is 0 Å². The highest BCUT2D eigenvalue weighted by molar-refractivity contribution is 5.43. The fourth-order valence-corrected chi connectivity index (χ4v) is 1.17. The summed E-state index contributed by atoms with van der Waals surface area (Å²) in [7, 11) is 0. The van der Waals surface area contributed by atoms with Crippen LogP contribution < -0.4 is 5.73 Å².